The van der Waals surface area contributed by atoms with Crippen molar-refractivity contribution in [1.29, 1.82) is 0 Å². The van der Waals surface area contributed by atoms with Gasteiger partial charge >= 0.3 is 0 Å². The number of nitrogens with zero attached hydrogens (tertiary/aromatic N) is 1. The quantitative estimate of drug-likeness (QED) is 0.924. The molecule has 0 aliphatic carbocycles. The fourth-order valence-corrected chi connectivity index (χ4v) is 3.20. The van der Waals surface area contributed by atoms with Crippen molar-refractivity contribution in [1.82, 2.24) is 0 Å². The Morgan fingerprint density at radius 2 is 1.81 bits per heavy atom. The first kappa shape index (κ1) is 15.3. The van der Waals surface area contributed by atoms with Crippen molar-refractivity contribution in [2.75, 3.05) is 23.7 Å². The Labute approximate surface area is 124 Å². The van der Waals surface area contributed by atoms with E-state index in [2.05, 4.69) is 4.72 Å². The maximum absolute atomic E-state index is 13.1. The van der Waals surface area contributed by atoms with Gasteiger partial charge in [0, 0.05) is 14.1 Å². The molecule has 112 valence electrons. The molecular formula is C15H17FN2O2S. The summed E-state index contributed by atoms with van der Waals surface area (Å²) >= 11 is 0. The van der Waals surface area contributed by atoms with Gasteiger partial charge in [-0.25, -0.2) is 12.8 Å². The molecule has 21 heavy (non-hydrogen) atoms. The van der Waals surface area contributed by atoms with Crippen molar-refractivity contribution in [3.05, 3.63) is 59.9 Å². The fraction of sp³-hybridized carbons (Fsp3) is 0.200. The van der Waals surface area contributed by atoms with Crippen molar-refractivity contribution >= 4 is 21.4 Å². The predicted octanol–water partition coefficient (Wildman–Crippen LogP) is 2.83. The third kappa shape index (κ3) is 4.19. The lowest BCUT2D eigenvalue weighted by atomic mass is 10.2. The van der Waals surface area contributed by atoms with Crippen LogP contribution in [0.15, 0.2) is 48.5 Å². The topological polar surface area (TPSA) is 49.4 Å². The van der Waals surface area contributed by atoms with Crippen LogP contribution in [0.3, 0.4) is 0 Å². The van der Waals surface area contributed by atoms with Crippen LogP contribution in [0.4, 0.5) is 15.8 Å². The summed E-state index contributed by atoms with van der Waals surface area (Å²) in [6.07, 6.45) is 0. The third-order valence-corrected chi connectivity index (χ3v) is 4.14. The van der Waals surface area contributed by atoms with Crippen LogP contribution < -0.4 is 9.62 Å². The molecule has 2 aromatic rings. The first-order valence-electron chi connectivity index (χ1n) is 6.39. The number of nitrogens with one attached hydrogen (secondary N) is 1. The van der Waals surface area contributed by atoms with Gasteiger partial charge in [-0.05, 0) is 29.8 Å². The van der Waals surface area contributed by atoms with Crippen molar-refractivity contribution in [3.63, 3.8) is 0 Å². The number of benzene rings is 2. The minimum atomic E-state index is -3.60. The summed E-state index contributed by atoms with van der Waals surface area (Å²) < 4.78 is 40.1. The molecule has 4 nitrogen and oxygen atoms in total. The summed E-state index contributed by atoms with van der Waals surface area (Å²) in [6.45, 7) is 0. The summed E-state index contributed by atoms with van der Waals surface area (Å²) in [6, 6.07) is 12.7. The second-order valence-corrected chi connectivity index (χ2v) is 6.62. The Morgan fingerprint density at radius 3 is 2.48 bits per heavy atom. The molecule has 0 aliphatic heterocycles. The van der Waals surface area contributed by atoms with Crippen molar-refractivity contribution in [2.45, 2.75) is 5.75 Å². The Bertz CT molecular complexity index is 730. The zero-order valence-corrected chi connectivity index (χ0v) is 12.7. The van der Waals surface area contributed by atoms with Gasteiger partial charge in [-0.3, -0.25) is 4.72 Å². The number of sulfonamides is 1. The average molecular weight is 308 g/mol. The highest BCUT2D eigenvalue weighted by molar-refractivity contribution is 7.91. The molecule has 0 saturated heterocycles. The molecule has 0 bridgehead atoms. The van der Waals surface area contributed by atoms with Gasteiger partial charge in [0.05, 0.1) is 17.1 Å². The van der Waals surface area contributed by atoms with Crippen LogP contribution in [0.25, 0.3) is 0 Å². The number of rotatable bonds is 5. The van der Waals surface area contributed by atoms with Crippen LogP contribution in [-0.2, 0) is 15.8 Å². The van der Waals surface area contributed by atoms with Gasteiger partial charge in [0.2, 0.25) is 10.0 Å². The van der Waals surface area contributed by atoms with Gasteiger partial charge in [-0.15, -0.1) is 0 Å². The summed E-state index contributed by atoms with van der Waals surface area (Å²) in [5.74, 6) is -0.719. The zero-order chi connectivity index (χ0) is 15.5. The highest BCUT2D eigenvalue weighted by Crippen LogP contribution is 2.25. The maximum Gasteiger partial charge on any atom is 0.236 e. The van der Waals surface area contributed by atoms with Crippen molar-refractivity contribution in [3.8, 4) is 0 Å². The van der Waals surface area contributed by atoms with Crippen LogP contribution >= 0.6 is 0 Å². The monoisotopic (exact) mass is 308 g/mol. The van der Waals surface area contributed by atoms with Crippen LogP contribution in [0.2, 0.25) is 0 Å². The van der Waals surface area contributed by atoms with E-state index in [0.717, 1.165) is 5.69 Å². The maximum atomic E-state index is 13.1. The molecule has 2 aromatic carbocycles. The smallest absolute Gasteiger partial charge is 0.236 e. The Kier molecular flexibility index (Phi) is 4.47. The molecule has 2 rings (SSSR count). The van der Waals surface area contributed by atoms with Gasteiger partial charge in [0.25, 0.3) is 0 Å². The molecule has 0 aliphatic rings. The first-order valence-corrected chi connectivity index (χ1v) is 8.04. The minimum Gasteiger partial charge on any atom is -0.376 e. The Balaban J connectivity index is 2.22. The summed E-state index contributed by atoms with van der Waals surface area (Å²) in [4.78, 5) is 1.82. The number of anilines is 2. The molecule has 0 heterocycles. The molecule has 0 spiro atoms. The Hall–Kier alpha value is -2.08. The summed E-state index contributed by atoms with van der Waals surface area (Å²) in [5, 5.41) is 0. The van der Waals surface area contributed by atoms with Crippen LogP contribution in [-0.4, -0.2) is 22.5 Å². The van der Waals surface area contributed by atoms with Crippen molar-refractivity contribution in [2.24, 2.45) is 0 Å². The van der Waals surface area contributed by atoms with Gasteiger partial charge < -0.3 is 4.90 Å². The fourth-order valence-electron chi connectivity index (χ4n) is 2.00. The lowest BCUT2D eigenvalue weighted by Crippen LogP contribution is -2.18. The van der Waals surface area contributed by atoms with Gasteiger partial charge in [-0.1, -0.05) is 24.3 Å². The molecule has 0 radical (unpaired) electrons. The average Bonchev–Trinajstić information content (AvgIpc) is 2.37. The van der Waals surface area contributed by atoms with E-state index in [1.807, 2.05) is 31.1 Å². The SMILES string of the molecule is CN(C)c1ccccc1NS(=O)(=O)Cc1cccc(F)c1. The van der Waals surface area contributed by atoms with Crippen LogP contribution in [0, 0.1) is 5.82 Å². The second-order valence-electron chi connectivity index (χ2n) is 4.90. The summed E-state index contributed by atoms with van der Waals surface area (Å²) in [7, 11) is 0.0623. The molecule has 0 amide bonds. The minimum absolute atomic E-state index is 0.271. The molecule has 0 unspecified atom stereocenters. The lowest BCUT2D eigenvalue weighted by molar-refractivity contribution is 0.599. The second kappa shape index (κ2) is 6.13. The third-order valence-electron chi connectivity index (χ3n) is 2.90. The molecular weight excluding hydrogens is 291 g/mol. The van der Waals surface area contributed by atoms with Crippen LogP contribution in [0.5, 0.6) is 0 Å². The number of halogens is 1. The van der Waals surface area contributed by atoms with Crippen molar-refractivity contribution < 1.29 is 12.8 Å². The number of para-hydroxylation sites is 2. The normalized spacial score (nSPS) is 11.2. The zero-order valence-electron chi connectivity index (χ0n) is 11.9. The highest BCUT2D eigenvalue weighted by atomic mass is 32.2. The van der Waals surface area contributed by atoms with Gasteiger partial charge in [0.1, 0.15) is 5.82 Å². The van der Waals surface area contributed by atoms with E-state index in [4.69, 9.17) is 0 Å². The van der Waals surface area contributed by atoms with E-state index >= 15 is 0 Å². The lowest BCUT2D eigenvalue weighted by Gasteiger charge is -2.18. The van der Waals surface area contributed by atoms with E-state index in [9.17, 15) is 12.8 Å². The number of hydrogen-bond donors (Lipinski definition) is 1. The van der Waals surface area contributed by atoms with Crippen LogP contribution in [0.1, 0.15) is 5.56 Å². The first-order chi connectivity index (χ1) is 9.87. The predicted molar refractivity (Wildman–Crippen MR) is 83.4 cm³/mol. The molecule has 0 atom stereocenters. The molecule has 0 fully saturated rings. The molecule has 1 N–H and O–H groups in total. The van der Waals surface area contributed by atoms with E-state index < -0.39 is 15.8 Å². The van der Waals surface area contributed by atoms with Gasteiger partial charge in [0.15, 0.2) is 0 Å². The Morgan fingerprint density at radius 1 is 1.10 bits per heavy atom. The standard InChI is InChI=1S/C15H17FN2O2S/c1-18(2)15-9-4-3-8-14(15)17-21(19,20)11-12-6-5-7-13(16)10-12/h3-10,17H,11H2,1-2H3. The summed E-state index contributed by atoms with van der Waals surface area (Å²) in [5.41, 5.74) is 1.67. The molecule has 0 saturated carbocycles. The van der Waals surface area contributed by atoms with E-state index in [1.165, 1.54) is 18.2 Å². The van der Waals surface area contributed by atoms with E-state index in [-0.39, 0.29) is 5.75 Å². The number of hydrogen-bond acceptors (Lipinski definition) is 3. The van der Waals surface area contributed by atoms with E-state index in [1.54, 1.807) is 18.2 Å². The van der Waals surface area contributed by atoms with E-state index in [0.29, 0.717) is 11.3 Å². The largest absolute Gasteiger partial charge is 0.376 e. The highest BCUT2D eigenvalue weighted by Gasteiger charge is 2.14. The molecule has 0 aromatic heterocycles. The molecule has 6 heteroatoms. The van der Waals surface area contributed by atoms with Gasteiger partial charge in [-0.2, -0.15) is 0 Å².